The first-order valence-corrected chi connectivity index (χ1v) is 9.03. The monoisotopic (exact) mass is 374 g/mol. The van der Waals surface area contributed by atoms with Crippen LogP contribution in [-0.2, 0) is 0 Å². The standard InChI is InChI=1S/C21H18N4O3/c1-28-20-8-15-17(9-19(20)26)24-10-14-6-13(11-25(14)21(15)27)12-2-3-16-18(7-12)23-5-4-22-16/h2-5,7-9,11,14,24,26H,6,10H2,1H3/t14-/m0/s1. The highest BCUT2D eigenvalue weighted by atomic mass is 16.5. The molecule has 1 amide bonds. The van der Waals surface area contributed by atoms with Gasteiger partial charge in [-0.3, -0.25) is 14.8 Å². The summed E-state index contributed by atoms with van der Waals surface area (Å²) < 4.78 is 5.17. The normalized spacial score (nSPS) is 18.2. The number of rotatable bonds is 2. The van der Waals surface area contributed by atoms with Crippen LogP contribution >= 0.6 is 0 Å². The van der Waals surface area contributed by atoms with Crippen molar-refractivity contribution in [3.63, 3.8) is 0 Å². The van der Waals surface area contributed by atoms with E-state index in [-0.39, 0.29) is 23.4 Å². The molecule has 0 unspecified atom stereocenters. The predicted octanol–water partition coefficient (Wildman–Crippen LogP) is 3.03. The summed E-state index contributed by atoms with van der Waals surface area (Å²) >= 11 is 0. The molecule has 3 heterocycles. The molecule has 0 saturated heterocycles. The van der Waals surface area contributed by atoms with Gasteiger partial charge in [-0.2, -0.15) is 0 Å². The molecular formula is C21H18N4O3. The number of hydrogen-bond acceptors (Lipinski definition) is 6. The van der Waals surface area contributed by atoms with Gasteiger partial charge in [0, 0.05) is 31.2 Å². The van der Waals surface area contributed by atoms with Crippen LogP contribution in [0.25, 0.3) is 16.6 Å². The number of fused-ring (bicyclic) bond motifs is 3. The molecule has 7 nitrogen and oxygen atoms in total. The Morgan fingerprint density at radius 3 is 2.82 bits per heavy atom. The Morgan fingerprint density at radius 1 is 1.18 bits per heavy atom. The van der Waals surface area contributed by atoms with E-state index in [1.165, 1.54) is 7.11 Å². The fraction of sp³-hybridized carbons (Fsp3) is 0.190. The number of amides is 1. The molecule has 2 aromatic carbocycles. The molecular weight excluding hydrogens is 356 g/mol. The molecule has 2 N–H and O–H groups in total. The van der Waals surface area contributed by atoms with E-state index in [0.29, 0.717) is 17.8 Å². The summed E-state index contributed by atoms with van der Waals surface area (Å²) in [5, 5.41) is 13.3. The molecule has 5 rings (SSSR count). The van der Waals surface area contributed by atoms with Crippen molar-refractivity contribution in [3.8, 4) is 11.5 Å². The summed E-state index contributed by atoms with van der Waals surface area (Å²) in [6.07, 6.45) is 6.01. The van der Waals surface area contributed by atoms with E-state index in [1.54, 1.807) is 29.4 Å². The second-order valence-corrected chi connectivity index (χ2v) is 6.94. The summed E-state index contributed by atoms with van der Waals surface area (Å²) in [4.78, 5) is 23.6. The number of anilines is 1. The summed E-state index contributed by atoms with van der Waals surface area (Å²) in [5.41, 5.74) is 4.91. The van der Waals surface area contributed by atoms with Gasteiger partial charge in [0.1, 0.15) is 0 Å². The van der Waals surface area contributed by atoms with Gasteiger partial charge in [0.05, 0.1) is 35.4 Å². The molecule has 1 aromatic heterocycles. The summed E-state index contributed by atoms with van der Waals surface area (Å²) in [5.74, 6) is 0.180. The zero-order chi connectivity index (χ0) is 19.3. The van der Waals surface area contributed by atoms with Crippen LogP contribution in [0.15, 0.2) is 48.9 Å². The molecule has 1 atom stereocenters. The topological polar surface area (TPSA) is 87.6 Å². The van der Waals surface area contributed by atoms with E-state index in [0.717, 1.165) is 28.6 Å². The van der Waals surface area contributed by atoms with Crippen molar-refractivity contribution in [2.45, 2.75) is 12.5 Å². The van der Waals surface area contributed by atoms with Crippen LogP contribution < -0.4 is 10.1 Å². The Bertz CT molecular complexity index is 1140. The van der Waals surface area contributed by atoms with Gasteiger partial charge in [-0.1, -0.05) is 6.07 Å². The number of aromatic nitrogens is 2. The fourth-order valence-corrected chi connectivity index (χ4v) is 3.85. The van der Waals surface area contributed by atoms with Gasteiger partial charge < -0.3 is 20.1 Å². The number of aromatic hydroxyl groups is 1. The maximum Gasteiger partial charge on any atom is 0.260 e. The van der Waals surface area contributed by atoms with Crippen LogP contribution in [-0.4, -0.2) is 45.6 Å². The first-order chi connectivity index (χ1) is 13.6. The summed E-state index contributed by atoms with van der Waals surface area (Å²) in [6.45, 7) is 0.595. The Labute approximate surface area is 161 Å². The minimum atomic E-state index is -0.112. The number of phenols is 1. The van der Waals surface area contributed by atoms with Crippen molar-refractivity contribution >= 4 is 28.2 Å². The predicted molar refractivity (Wildman–Crippen MR) is 105 cm³/mol. The smallest absolute Gasteiger partial charge is 0.260 e. The molecule has 0 radical (unpaired) electrons. The number of carbonyl (C=O) groups excluding carboxylic acids is 1. The van der Waals surface area contributed by atoms with Crippen LogP contribution in [0, 0.1) is 0 Å². The van der Waals surface area contributed by atoms with Gasteiger partial charge in [-0.05, 0) is 35.8 Å². The zero-order valence-electron chi connectivity index (χ0n) is 15.2. The largest absolute Gasteiger partial charge is 0.504 e. The zero-order valence-corrected chi connectivity index (χ0v) is 15.2. The van der Waals surface area contributed by atoms with E-state index >= 15 is 0 Å². The number of hydrogen-bond donors (Lipinski definition) is 2. The van der Waals surface area contributed by atoms with E-state index in [2.05, 4.69) is 15.3 Å². The van der Waals surface area contributed by atoms with Crippen molar-refractivity contribution < 1.29 is 14.6 Å². The molecule has 7 heteroatoms. The van der Waals surface area contributed by atoms with Gasteiger partial charge in [0.2, 0.25) is 0 Å². The van der Waals surface area contributed by atoms with Crippen LogP contribution in [0.1, 0.15) is 22.3 Å². The van der Waals surface area contributed by atoms with Gasteiger partial charge in [-0.25, -0.2) is 0 Å². The minimum Gasteiger partial charge on any atom is -0.504 e. The number of methoxy groups -OCH3 is 1. The number of phenolic OH excluding ortho intramolecular Hbond substituents is 1. The van der Waals surface area contributed by atoms with Crippen molar-refractivity contribution in [2.24, 2.45) is 0 Å². The van der Waals surface area contributed by atoms with E-state index in [9.17, 15) is 9.90 Å². The lowest BCUT2D eigenvalue weighted by Crippen LogP contribution is -2.34. The second kappa shape index (κ2) is 6.23. The van der Waals surface area contributed by atoms with Crippen molar-refractivity contribution in [1.29, 1.82) is 0 Å². The fourth-order valence-electron chi connectivity index (χ4n) is 3.85. The highest BCUT2D eigenvalue weighted by Crippen LogP contribution is 2.38. The Kier molecular flexibility index (Phi) is 3.68. The Morgan fingerprint density at radius 2 is 2.00 bits per heavy atom. The van der Waals surface area contributed by atoms with Gasteiger partial charge in [0.15, 0.2) is 11.5 Å². The van der Waals surface area contributed by atoms with Crippen LogP contribution in [0.2, 0.25) is 0 Å². The number of nitrogens with zero attached hydrogens (tertiary/aromatic N) is 3. The number of benzene rings is 2. The van der Waals surface area contributed by atoms with E-state index in [4.69, 9.17) is 4.74 Å². The van der Waals surface area contributed by atoms with E-state index in [1.807, 2.05) is 24.4 Å². The van der Waals surface area contributed by atoms with Crippen LogP contribution in [0.5, 0.6) is 11.5 Å². The molecule has 2 aliphatic heterocycles. The number of nitrogens with one attached hydrogen (secondary N) is 1. The minimum absolute atomic E-state index is 0.000548. The lowest BCUT2D eigenvalue weighted by atomic mass is 10.0. The Hall–Kier alpha value is -3.61. The summed E-state index contributed by atoms with van der Waals surface area (Å²) in [6, 6.07) is 9.10. The van der Waals surface area contributed by atoms with Crippen LogP contribution in [0.4, 0.5) is 5.69 Å². The first kappa shape index (κ1) is 16.6. The molecule has 140 valence electrons. The molecule has 2 aliphatic rings. The molecule has 0 fully saturated rings. The lowest BCUT2D eigenvalue weighted by Gasteiger charge is -2.20. The SMILES string of the molecule is COc1cc2c(cc1O)NC[C@@H]1CC(c3ccc4nccnc4c3)=CN1C2=O. The third-order valence-corrected chi connectivity index (χ3v) is 5.30. The van der Waals surface area contributed by atoms with Gasteiger partial charge >= 0.3 is 0 Å². The van der Waals surface area contributed by atoms with Crippen molar-refractivity contribution in [3.05, 3.63) is 60.1 Å². The lowest BCUT2D eigenvalue weighted by molar-refractivity contribution is 0.0796. The molecule has 3 aromatic rings. The third kappa shape index (κ3) is 2.55. The molecule has 0 bridgehead atoms. The molecule has 0 aliphatic carbocycles. The highest BCUT2D eigenvalue weighted by Gasteiger charge is 2.34. The van der Waals surface area contributed by atoms with Crippen molar-refractivity contribution in [2.75, 3.05) is 19.0 Å². The summed E-state index contributed by atoms with van der Waals surface area (Å²) in [7, 11) is 1.47. The van der Waals surface area contributed by atoms with Crippen molar-refractivity contribution in [1.82, 2.24) is 14.9 Å². The average molecular weight is 374 g/mol. The average Bonchev–Trinajstić information content (AvgIpc) is 3.11. The maximum absolute atomic E-state index is 13.2. The molecule has 0 spiro atoms. The van der Waals surface area contributed by atoms with Gasteiger partial charge in [-0.15, -0.1) is 0 Å². The Balaban J connectivity index is 1.53. The molecule has 0 saturated carbocycles. The van der Waals surface area contributed by atoms with E-state index < -0.39 is 0 Å². The quantitative estimate of drug-likeness (QED) is 0.717. The van der Waals surface area contributed by atoms with Gasteiger partial charge in [0.25, 0.3) is 5.91 Å². The van der Waals surface area contributed by atoms with Crippen LogP contribution in [0.3, 0.4) is 0 Å². The first-order valence-electron chi connectivity index (χ1n) is 9.03. The molecule has 28 heavy (non-hydrogen) atoms. The third-order valence-electron chi connectivity index (χ3n) is 5.30. The number of ether oxygens (including phenoxy) is 1. The second-order valence-electron chi connectivity index (χ2n) is 6.94. The number of carbonyl (C=O) groups is 1. The maximum atomic E-state index is 13.2. The highest BCUT2D eigenvalue weighted by molar-refractivity contribution is 6.03.